The Balaban J connectivity index is 1.71. The number of nitrogens with zero attached hydrogens (tertiary/aromatic N) is 1. The number of carbonyl (C=O) groups excluding carboxylic acids is 2. The minimum Gasteiger partial charge on any atom is -0.351 e. The van der Waals surface area contributed by atoms with Crippen molar-refractivity contribution >= 4 is 22.6 Å². The molecule has 1 heterocycles. The Bertz CT molecular complexity index is 691. The number of nitrogens with one attached hydrogen (secondary N) is 1. The molecule has 0 unspecified atom stereocenters. The van der Waals surface area contributed by atoms with Crippen LogP contribution in [0.1, 0.15) is 12.0 Å². The third-order valence-corrected chi connectivity index (χ3v) is 3.94. The van der Waals surface area contributed by atoms with Gasteiger partial charge in [-0.15, -0.1) is 0 Å². The summed E-state index contributed by atoms with van der Waals surface area (Å²) in [6.07, 6.45) is 0.744. The van der Waals surface area contributed by atoms with Crippen molar-refractivity contribution in [3.05, 3.63) is 48.0 Å². The molecule has 0 radical (unpaired) electrons. The minimum atomic E-state index is -0.0648. The van der Waals surface area contributed by atoms with E-state index in [2.05, 4.69) is 5.32 Å². The third kappa shape index (κ3) is 2.89. The van der Waals surface area contributed by atoms with E-state index in [1.165, 1.54) is 0 Å². The SMILES string of the molecule is CN1C[C@@H](NC(=O)Cc2cccc3ccccc23)CC1=O. The maximum absolute atomic E-state index is 12.2. The van der Waals surface area contributed by atoms with E-state index in [1.54, 1.807) is 11.9 Å². The maximum Gasteiger partial charge on any atom is 0.224 e. The van der Waals surface area contributed by atoms with Crippen LogP contribution in [0.15, 0.2) is 42.5 Å². The molecule has 21 heavy (non-hydrogen) atoms. The first-order chi connectivity index (χ1) is 10.1. The van der Waals surface area contributed by atoms with Crippen molar-refractivity contribution in [1.29, 1.82) is 0 Å². The quantitative estimate of drug-likeness (QED) is 0.932. The summed E-state index contributed by atoms with van der Waals surface area (Å²) in [5, 5.41) is 5.20. The van der Waals surface area contributed by atoms with Crippen LogP contribution in [0.2, 0.25) is 0 Å². The van der Waals surface area contributed by atoms with Crippen molar-refractivity contribution in [1.82, 2.24) is 10.2 Å². The van der Waals surface area contributed by atoms with E-state index >= 15 is 0 Å². The Morgan fingerprint density at radius 3 is 2.76 bits per heavy atom. The Morgan fingerprint density at radius 1 is 1.24 bits per heavy atom. The van der Waals surface area contributed by atoms with Gasteiger partial charge >= 0.3 is 0 Å². The summed E-state index contributed by atoms with van der Waals surface area (Å²) in [5.74, 6) is 0.0601. The van der Waals surface area contributed by atoms with Crippen LogP contribution in [-0.4, -0.2) is 36.3 Å². The topological polar surface area (TPSA) is 49.4 Å². The molecule has 1 aliphatic heterocycles. The predicted molar refractivity (Wildman–Crippen MR) is 81.8 cm³/mol. The molecule has 1 saturated heterocycles. The molecular formula is C17H18N2O2. The molecule has 2 aromatic rings. The van der Waals surface area contributed by atoms with Gasteiger partial charge in [-0.3, -0.25) is 9.59 Å². The lowest BCUT2D eigenvalue weighted by Gasteiger charge is -2.13. The molecule has 108 valence electrons. The minimum absolute atomic E-state index is 0.0283. The average molecular weight is 282 g/mol. The zero-order valence-electron chi connectivity index (χ0n) is 12.0. The lowest BCUT2D eigenvalue weighted by molar-refractivity contribution is -0.126. The maximum atomic E-state index is 12.2. The van der Waals surface area contributed by atoms with Gasteiger partial charge in [-0.25, -0.2) is 0 Å². The number of likely N-dealkylation sites (tertiary alicyclic amines) is 1. The van der Waals surface area contributed by atoms with Crippen molar-refractivity contribution in [3.63, 3.8) is 0 Å². The molecule has 2 aromatic carbocycles. The van der Waals surface area contributed by atoms with Crippen LogP contribution in [0.5, 0.6) is 0 Å². The van der Waals surface area contributed by atoms with Gasteiger partial charge in [-0.05, 0) is 16.3 Å². The van der Waals surface area contributed by atoms with Gasteiger partial charge in [0.1, 0.15) is 0 Å². The number of carbonyl (C=O) groups is 2. The molecule has 2 amide bonds. The molecular weight excluding hydrogens is 264 g/mol. The first-order valence-corrected chi connectivity index (χ1v) is 7.13. The normalized spacial score (nSPS) is 18.2. The Kier molecular flexibility index (Phi) is 3.60. The van der Waals surface area contributed by atoms with Crippen molar-refractivity contribution in [3.8, 4) is 0 Å². The van der Waals surface area contributed by atoms with E-state index in [1.807, 2.05) is 42.5 Å². The molecule has 4 nitrogen and oxygen atoms in total. The average Bonchev–Trinajstić information content (AvgIpc) is 2.77. The van der Waals surface area contributed by atoms with E-state index in [0.29, 0.717) is 19.4 Å². The van der Waals surface area contributed by atoms with E-state index in [4.69, 9.17) is 0 Å². The summed E-state index contributed by atoms with van der Waals surface area (Å²) in [4.78, 5) is 25.3. The van der Waals surface area contributed by atoms with Crippen LogP contribution in [-0.2, 0) is 16.0 Å². The van der Waals surface area contributed by atoms with Crippen LogP contribution >= 0.6 is 0 Å². The molecule has 0 saturated carbocycles. The summed E-state index contributed by atoms with van der Waals surface area (Å²) in [6.45, 7) is 0.597. The zero-order valence-corrected chi connectivity index (χ0v) is 12.0. The standard InChI is InChI=1S/C17H18N2O2/c1-19-11-14(10-17(19)21)18-16(20)9-13-7-4-6-12-5-2-3-8-15(12)13/h2-8,14H,9-11H2,1H3,(H,18,20)/t14-/m0/s1. The Labute approximate surface area is 123 Å². The van der Waals surface area contributed by atoms with Gasteiger partial charge in [0.2, 0.25) is 11.8 Å². The monoisotopic (exact) mass is 282 g/mol. The molecule has 0 aromatic heterocycles. The summed E-state index contributed by atoms with van der Waals surface area (Å²) >= 11 is 0. The summed E-state index contributed by atoms with van der Waals surface area (Å²) in [7, 11) is 1.76. The summed E-state index contributed by atoms with van der Waals surface area (Å²) < 4.78 is 0. The second kappa shape index (κ2) is 5.56. The number of rotatable bonds is 3. The van der Waals surface area contributed by atoms with Gasteiger partial charge in [0.15, 0.2) is 0 Å². The largest absolute Gasteiger partial charge is 0.351 e. The molecule has 4 heteroatoms. The number of fused-ring (bicyclic) bond motifs is 1. The molecule has 3 rings (SSSR count). The molecule has 0 aliphatic carbocycles. The second-order valence-electron chi connectivity index (χ2n) is 5.56. The summed E-state index contributed by atoms with van der Waals surface area (Å²) in [6, 6.07) is 14.0. The van der Waals surface area contributed by atoms with E-state index in [-0.39, 0.29) is 17.9 Å². The van der Waals surface area contributed by atoms with E-state index in [0.717, 1.165) is 16.3 Å². The van der Waals surface area contributed by atoms with Crippen LogP contribution in [0.4, 0.5) is 0 Å². The predicted octanol–water partition coefficient (Wildman–Crippen LogP) is 1.73. The van der Waals surface area contributed by atoms with Crippen molar-refractivity contribution in [2.24, 2.45) is 0 Å². The molecule has 1 atom stereocenters. The highest BCUT2D eigenvalue weighted by Gasteiger charge is 2.27. The van der Waals surface area contributed by atoms with Crippen molar-refractivity contribution in [2.45, 2.75) is 18.9 Å². The zero-order chi connectivity index (χ0) is 14.8. The van der Waals surface area contributed by atoms with Crippen LogP contribution in [0, 0.1) is 0 Å². The van der Waals surface area contributed by atoms with Crippen LogP contribution < -0.4 is 5.32 Å². The number of amides is 2. The molecule has 0 bridgehead atoms. The molecule has 1 aliphatic rings. The molecule has 1 fully saturated rings. The smallest absolute Gasteiger partial charge is 0.224 e. The molecule has 1 N–H and O–H groups in total. The van der Waals surface area contributed by atoms with Crippen molar-refractivity contribution in [2.75, 3.05) is 13.6 Å². The van der Waals surface area contributed by atoms with Gasteiger partial charge in [-0.1, -0.05) is 42.5 Å². The Hall–Kier alpha value is -2.36. The number of likely N-dealkylation sites (N-methyl/N-ethyl adjacent to an activating group) is 1. The number of benzene rings is 2. The van der Waals surface area contributed by atoms with Gasteiger partial charge < -0.3 is 10.2 Å². The lowest BCUT2D eigenvalue weighted by Crippen LogP contribution is -2.37. The fraction of sp³-hybridized carbons (Fsp3) is 0.294. The first-order valence-electron chi connectivity index (χ1n) is 7.13. The molecule has 0 spiro atoms. The lowest BCUT2D eigenvalue weighted by atomic mass is 10.0. The third-order valence-electron chi connectivity index (χ3n) is 3.94. The summed E-state index contributed by atoms with van der Waals surface area (Å²) in [5.41, 5.74) is 1.02. The van der Waals surface area contributed by atoms with Gasteiger partial charge in [0.05, 0.1) is 12.5 Å². The van der Waals surface area contributed by atoms with Gasteiger partial charge in [0.25, 0.3) is 0 Å². The fourth-order valence-electron chi connectivity index (χ4n) is 2.86. The number of hydrogen-bond acceptors (Lipinski definition) is 2. The van der Waals surface area contributed by atoms with Gasteiger partial charge in [0, 0.05) is 20.0 Å². The first kappa shape index (κ1) is 13.6. The number of hydrogen-bond donors (Lipinski definition) is 1. The highest BCUT2D eigenvalue weighted by molar-refractivity contribution is 5.90. The van der Waals surface area contributed by atoms with E-state index < -0.39 is 0 Å². The van der Waals surface area contributed by atoms with Crippen LogP contribution in [0.25, 0.3) is 10.8 Å². The highest BCUT2D eigenvalue weighted by Crippen LogP contribution is 2.19. The van der Waals surface area contributed by atoms with Gasteiger partial charge in [-0.2, -0.15) is 0 Å². The highest BCUT2D eigenvalue weighted by atomic mass is 16.2. The Morgan fingerprint density at radius 2 is 2.00 bits per heavy atom. The van der Waals surface area contributed by atoms with E-state index in [9.17, 15) is 9.59 Å². The second-order valence-corrected chi connectivity index (χ2v) is 5.56. The fourth-order valence-corrected chi connectivity index (χ4v) is 2.86. The van der Waals surface area contributed by atoms with Crippen LogP contribution in [0.3, 0.4) is 0 Å². The van der Waals surface area contributed by atoms with Crippen molar-refractivity contribution < 1.29 is 9.59 Å².